The van der Waals surface area contributed by atoms with Crippen molar-refractivity contribution in [2.45, 2.75) is 25.7 Å². The van der Waals surface area contributed by atoms with E-state index < -0.39 is 0 Å². The molecule has 1 saturated heterocycles. The number of carbonyl (C=O) groups is 2. The van der Waals surface area contributed by atoms with Crippen LogP contribution < -0.4 is 11.1 Å². The Morgan fingerprint density at radius 1 is 1.36 bits per heavy atom. The van der Waals surface area contributed by atoms with E-state index in [2.05, 4.69) is 24.4 Å². The maximum atomic E-state index is 12.1. The molecule has 2 atom stereocenters. The Balaban J connectivity index is 1.75. The number of hydrogen-bond donors (Lipinski definition) is 2. The topological polar surface area (TPSA) is 75.4 Å². The van der Waals surface area contributed by atoms with E-state index >= 15 is 0 Å². The van der Waals surface area contributed by atoms with Crippen LogP contribution in [0.4, 0.5) is 0 Å². The minimum absolute atomic E-state index is 0.00732. The lowest BCUT2D eigenvalue weighted by atomic mass is 9.97. The van der Waals surface area contributed by atoms with Crippen LogP contribution in [0.3, 0.4) is 0 Å². The second-order valence-electron chi connectivity index (χ2n) is 6.09. The molecule has 0 unspecified atom stereocenters. The van der Waals surface area contributed by atoms with E-state index in [-0.39, 0.29) is 23.7 Å². The molecule has 1 heterocycles. The molecule has 22 heavy (non-hydrogen) atoms. The highest BCUT2D eigenvalue weighted by molar-refractivity contribution is 5.79. The molecule has 0 bridgehead atoms. The molecule has 1 aromatic rings. The molecule has 5 heteroatoms. The van der Waals surface area contributed by atoms with E-state index in [9.17, 15) is 9.59 Å². The number of primary amides is 1. The third-order valence-electron chi connectivity index (χ3n) is 4.25. The molecule has 1 aromatic carbocycles. The molecule has 1 aliphatic rings. The van der Waals surface area contributed by atoms with Gasteiger partial charge in [-0.15, -0.1) is 0 Å². The maximum Gasteiger partial charge on any atom is 0.234 e. The van der Waals surface area contributed by atoms with Gasteiger partial charge in [0.2, 0.25) is 11.8 Å². The molecule has 2 rings (SSSR count). The Bertz CT molecular complexity index is 504. The van der Waals surface area contributed by atoms with Crippen molar-refractivity contribution in [1.82, 2.24) is 10.2 Å². The number of hydrogen-bond acceptors (Lipinski definition) is 3. The third-order valence-corrected chi connectivity index (χ3v) is 4.25. The average molecular weight is 303 g/mol. The molecule has 0 aromatic heterocycles. The SMILES string of the molecule is C[C@@H](CNC(=O)CN1CCC[C@H](C(N)=O)C1)c1ccccc1. The van der Waals surface area contributed by atoms with Gasteiger partial charge in [-0.05, 0) is 30.9 Å². The average Bonchev–Trinajstić information content (AvgIpc) is 2.53. The molecule has 3 N–H and O–H groups in total. The monoisotopic (exact) mass is 303 g/mol. The first-order valence-corrected chi connectivity index (χ1v) is 7.89. The first-order chi connectivity index (χ1) is 10.6. The number of piperidine rings is 1. The Kier molecular flexibility index (Phi) is 5.95. The van der Waals surface area contributed by atoms with Gasteiger partial charge in [-0.2, -0.15) is 0 Å². The second kappa shape index (κ2) is 7.94. The van der Waals surface area contributed by atoms with Crippen LogP contribution in [0.2, 0.25) is 0 Å². The Morgan fingerprint density at radius 3 is 2.77 bits per heavy atom. The Hall–Kier alpha value is -1.88. The van der Waals surface area contributed by atoms with E-state index in [4.69, 9.17) is 5.73 Å². The normalized spacial score (nSPS) is 20.3. The zero-order valence-corrected chi connectivity index (χ0v) is 13.1. The van der Waals surface area contributed by atoms with Crippen molar-refractivity contribution in [2.24, 2.45) is 11.7 Å². The summed E-state index contributed by atoms with van der Waals surface area (Å²) in [7, 11) is 0. The van der Waals surface area contributed by atoms with Gasteiger partial charge in [-0.1, -0.05) is 37.3 Å². The summed E-state index contributed by atoms with van der Waals surface area (Å²) in [6.07, 6.45) is 1.75. The van der Waals surface area contributed by atoms with Gasteiger partial charge in [0.15, 0.2) is 0 Å². The molecule has 1 aliphatic heterocycles. The highest BCUT2D eigenvalue weighted by atomic mass is 16.2. The summed E-state index contributed by atoms with van der Waals surface area (Å²) in [4.78, 5) is 25.3. The zero-order chi connectivity index (χ0) is 15.9. The molecule has 0 saturated carbocycles. The fourth-order valence-corrected chi connectivity index (χ4v) is 2.86. The number of nitrogens with two attached hydrogens (primary N) is 1. The number of amides is 2. The number of nitrogens with one attached hydrogen (secondary N) is 1. The summed E-state index contributed by atoms with van der Waals surface area (Å²) >= 11 is 0. The van der Waals surface area contributed by atoms with E-state index in [0.29, 0.717) is 19.6 Å². The Labute approximate surface area is 131 Å². The van der Waals surface area contributed by atoms with Crippen LogP contribution in [0.25, 0.3) is 0 Å². The van der Waals surface area contributed by atoms with Crippen LogP contribution in [0.5, 0.6) is 0 Å². The molecule has 1 fully saturated rings. The molecule has 0 aliphatic carbocycles. The number of rotatable bonds is 6. The van der Waals surface area contributed by atoms with E-state index in [0.717, 1.165) is 19.4 Å². The number of benzene rings is 1. The summed E-state index contributed by atoms with van der Waals surface area (Å²) in [6.45, 7) is 4.50. The highest BCUT2D eigenvalue weighted by Gasteiger charge is 2.25. The minimum Gasteiger partial charge on any atom is -0.369 e. The number of carbonyl (C=O) groups excluding carboxylic acids is 2. The summed E-state index contributed by atoms with van der Waals surface area (Å²) < 4.78 is 0. The first-order valence-electron chi connectivity index (χ1n) is 7.89. The van der Waals surface area contributed by atoms with Crippen molar-refractivity contribution in [3.8, 4) is 0 Å². The lowest BCUT2D eigenvalue weighted by Crippen LogP contribution is -2.45. The first kappa shape index (κ1) is 16.5. The standard InChI is InChI=1S/C17H25N3O2/c1-13(14-6-3-2-4-7-14)10-19-16(21)12-20-9-5-8-15(11-20)17(18)22/h2-4,6-7,13,15H,5,8-12H2,1H3,(H2,18,22)(H,19,21)/t13-,15-/m0/s1. The van der Waals surface area contributed by atoms with Crippen molar-refractivity contribution in [3.63, 3.8) is 0 Å². The van der Waals surface area contributed by atoms with Gasteiger partial charge in [0.25, 0.3) is 0 Å². The van der Waals surface area contributed by atoms with Crippen LogP contribution in [-0.2, 0) is 9.59 Å². The van der Waals surface area contributed by atoms with E-state index in [1.165, 1.54) is 5.56 Å². The largest absolute Gasteiger partial charge is 0.369 e. The molecule has 5 nitrogen and oxygen atoms in total. The van der Waals surface area contributed by atoms with Crippen LogP contribution in [0, 0.1) is 5.92 Å². The molecular formula is C17H25N3O2. The van der Waals surface area contributed by atoms with Gasteiger partial charge in [0.05, 0.1) is 12.5 Å². The van der Waals surface area contributed by atoms with Crippen molar-refractivity contribution in [2.75, 3.05) is 26.2 Å². The fourth-order valence-electron chi connectivity index (χ4n) is 2.86. The molecule has 0 radical (unpaired) electrons. The molecule has 0 spiro atoms. The van der Waals surface area contributed by atoms with Crippen molar-refractivity contribution >= 4 is 11.8 Å². The van der Waals surface area contributed by atoms with Crippen LogP contribution in [0.1, 0.15) is 31.2 Å². The highest BCUT2D eigenvalue weighted by Crippen LogP contribution is 2.16. The predicted octanol–water partition coefficient (Wildman–Crippen LogP) is 1.10. The van der Waals surface area contributed by atoms with Gasteiger partial charge >= 0.3 is 0 Å². The van der Waals surface area contributed by atoms with Gasteiger partial charge in [0.1, 0.15) is 0 Å². The third kappa shape index (κ3) is 4.84. The van der Waals surface area contributed by atoms with Crippen molar-refractivity contribution < 1.29 is 9.59 Å². The van der Waals surface area contributed by atoms with Crippen LogP contribution in [-0.4, -0.2) is 42.9 Å². The van der Waals surface area contributed by atoms with Gasteiger partial charge < -0.3 is 11.1 Å². The van der Waals surface area contributed by atoms with Gasteiger partial charge in [0, 0.05) is 13.1 Å². The zero-order valence-electron chi connectivity index (χ0n) is 13.1. The fraction of sp³-hybridized carbons (Fsp3) is 0.529. The molecule has 120 valence electrons. The van der Waals surface area contributed by atoms with Crippen molar-refractivity contribution in [1.29, 1.82) is 0 Å². The summed E-state index contributed by atoms with van der Waals surface area (Å²) in [6, 6.07) is 10.1. The number of likely N-dealkylation sites (tertiary alicyclic amines) is 1. The van der Waals surface area contributed by atoms with Crippen LogP contribution in [0.15, 0.2) is 30.3 Å². The van der Waals surface area contributed by atoms with Crippen molar-refractivity contribution in [3.05, 3.63) is 35.9 Å². The van der Waals surface area contributed by atoms with E-state index in [1.807, 2.05) is 23.1 Å². The van der Waals surface area contributed by atoms with Crippen LogP contribution >= 0.6 is 0 Å². The Morgan fingerprint density at radius 2 is 2.09 bits per heavy atom. The number of nitrogens with zero attached hydrogens (tertiary/aromatic N) is 1. The minimum atomic E-state index is -0.261. The lowest BCUT2D eigenvalue weighted by Gasteiger charge is -2.30. The smallest absolute Gasteiger partial charge is 0.234 e. The summed E-state index contributed by atoms with van der Waals surface area (Å²) in [5.74, 6) is -0.0922. The summed E-state index contributed by atoms with van der Waals surface area (Å²) in [5, 5.41) is 2.98. The molecular weight excluding hydrogens is 278 g/mol. The quantitative estimate of drug-likeness (QED) is 0.826. The van der Waals surface area contributed by atoms with E-state index in [1.54, 1.807) is 0 Å². The predicted molar refractivity (Wildman–Crippen MR) is 86.2 cm³/mol. The summed E-state index contributed by atoms with van der Waals surface area (Å²) in [5.41, 5.74) is 6.57. The molecule has 2 amide bonds. The van der Waals surface area contributed by atoms with Gasteiger partial charge in [-0.3, -0.25) is 14.5 Å². The second-order valence-corrected chi connectivity index (χ2v) is 6.09. The lowest BCUT2D eigenvalue weighted by molar-refractivity contribution is -0.126. The maximum absolute atomic E-state index is 12.1. The van der Waals surface area contributed by atoms with Gasteiger partial charge in [-0.25, -0.2) is 0 Å².